The molecule has 1 atom stereocenters. The van der Waals surface area contributed by atoms with Gasteiger partial charge in [-0.3, -0.25) is 4.79 Å². The second-order valence-electron chi connectivity index (χ2n) is 4.99. The van der Waals surface area contributed by atoms with Gasteiger partial charge in [0.15, 0.2) is 0 Å². The molecule has 0 aromatic rings. The molecule has 0 spiro atoms. The quantitative estimate of drug-likeness (QED) is 0.743. The van der Waals surface area contributed by atoms with Crippen LogP contribution in [0.5, 0.6) is 0 Å². The number of carbonyl (C=O) groups excluding carboxylic acids is 1. The van der Waals surface area contributed by atoms with E-state index in [4.69, 9.17) is 5.11 Å². The van der Waals surface area contributed by atoms with Crippen LogP contribution < -0.4 is 0 Å². The fraction of sp³-hybridized carbons (Fsp3) is 0.846. The van der Waals surface area contributed by atoms with Gasteiger partial charge < -0.3 is 14.9 Å². The molecule has 1 aliphatic rings. The number of rotatable bonds is 7. The number of hydrogen-bond acceptors (Lipinski definition) is 3. The van der Waals surface area contributed by atoms with Crippen LogP contribution >= 0.6 is 0 Å². The Hall–Kier alpha value is -1.10. The molecule has 0 aromatic carbocycles. The molecule has 5 nitrogen and oxygen atoms in total. The van der Waals surface area contributed by atoms with Crippen molar-refractivity contribution in [2.45, 2.75) is 45.1 Å². The van der Waals surface area contributed by atoms with Gasteiger partial charge in [-0.2, -0.15) is 0 Å². The summed E-state index contributed by atoms with van der Waals surface area (Å²) in [5, 5.41) is 9.02. The highest BCUT2D eigenvalue weighted by Crippen LogP contribution is 2.18. The molecule has 0 aromatic heterocycles. The zero-order valence-corrected chi connectivity index (χ0v) is 11.4. The molecule has 0 bridgehead atoms. The van der Waals surface area contributed by atoms with E-state index in [1.807, 2.05) is 7.05 Å². The Morgan fingerprint density at radius 2 is 2.11 bits per heavy atom. The fourth-order valence-electron chi connectivity index (χ4n) is 2.29. The molecule has 104 valence electrons. The average Bonchev–Trinajstić information content (AvgIpc) is 2.82. The molecule has 5 heteroatoms. The third-order valence-electron chi connectivity index (χ3n) is 3.46. The Bertz CT molecular complexity index is 294. The van der Waals surface area contributed by atoms with E-state index in [1.54, 1.807) is 0 Å². The first-order valence-corrected chi connectivity index (χ1v) is 6.77. The molecule has 1 rings (SSSR count). The van der Waals surface area contributed by atoms with E-state index in [0.29, 0.717) is 25.9 Å². The molecule has 1 saturated heterocycles. The van der Waals surface area contributed by atoms with Crippen LogP contribution in [-0.4, -0.2) is 59.5 Å². The maximum absolute atomic E-state index is 12.0. The first-order chi connectivity index (χ1) is 8.56. The zero-order chi connectivity index (χ0) is 13.5. The summed E-state index contributed by atoms with van der Waals surface area (Å²) in [7, 11) is 2.00. The van der Waals surface area contributed by atoms with Gasteiger partial charge in [0, 0.05) is 19.5 Å². The van der Waals surface area contributed by atoms with Gasteiger partial charge in [0.2, 0.25) is 5.91 Å². The Balaban J connectivity index is 2.34. The number of carboxylic acid groups (broad SMARTS) is 1. The Morgan fingerprint density at radius 3 is 2.72 bits per heavy atom. The van der Waals surface area contributed by atoms with Crippen LogP contribution in [0.1, 0.15) is 39.0 Å². The molecule has 0 aliphatic carbocycles. The van der Waals surface area contributed by atoms with Gasteiger partial charge in [0.1, 0.15) is 6.04 Å². The largest absolute Gasteiger partial charge is 0.480 e. The highest BCUT2D eigenvalue weighted by atomic mass is 16.4. The molecule has 1 amide bonds. The number of amides is 1. The van der Waals surface area contributed by atoms with Crippen molar-refractivity contribution >= 4 is 11.9 Å². The Labute approximate surface area is 109 Å². The Morgan fingerprint density at radius 1 is 1.39 bits per heavy atom. The lowest BCUT2D eigenvalue weighted by molar-refractivity contribution is -0.148. The molecule has 1 N–H and O–H groups in total. The van der Waals surface area contributed by atoms with Crippen LogP contribution in [0.15, 0.2) is 0 Å². The minimum absolute atomic E-state index is 0.0248. The monoisotopic (exact) mass is 256 g/mol. The molecule has 1 heterocycles. The first kappa shape index (κ1) is 15.0. The first-order valence-electron chi connectivity index (χ1n) is 6.77. The molecule has 1 aliphatic heterocycles. The van der Waals surface area contributed by atoms with E-state index in [0.717, 1.165) is 25.8 Å². The lowest BCUT2D eigenvalue weighted by Crippen LogP contribution is -2.41. The van der Waals surface area contributed by atoms with Gasteiger partial charge in [-0.05, 0) is 32.9 Å². The van der Waals surface area contributed by atoms with Crippen molar-refractivity contribution in [3.63, 3.8) is 0 Å². The smallest absolute Gasteiger partial charge is 0.326 e. The molecule has 18 heavy (non-hydrogen) atoms. The van der Waals surface area contributed by atoms with Crippen LogP contribution in [0, 0.1) is 0 Å². The van der Waals surface area contributed by atoms with Gasteiger partial charge in [0.25, 0.3) is 0 Å². The second kappa shape index (κ2) is 7.36. The number of nitrogens with zero attached hydrogens (tertiary/aromatic N) is 2. The lowest BCUT2D eigenvalue weighted by atomic mass is 10.2. The van der Waals surface area contributed by atoms with Crippen molar-refractivity contribution in [3.05, 3.63) is 0 Å². The maximum atomic E-state index is 12.0. The summed E-state index contributed by atoms with van der Waals surface area (Å²) in [4.78, 5) is 26.6. The zero-order valence-electron chi connectivity index (χ0n) is 11.4. The molecule has 0 saturated carbocycles. The van der Waals surface area contributed by atoms with Crippen molar-refractivity contribution in [3.8, 4) is 0 Å². The SMILES string of the molecule is CCCCN(C)CCC(=O)N1CCCC1C(=O)O. The molecular weight excluding hydrogens is 232 g/mol. The average molecular weight is 256 g/mol. The highest BCUT2D eigenvalue weighted by Gasteiger charge is 2.33. The standard InChI is InChI=1S/C13H24N2O3/c1-3-4-8-14(2)10-7-12(16)15-9-5-6-11(15)13(17)18/h11H,3-10H2,1-2H3,(H,17,18). The molecular formula is C13H24N2O3. The summed E-state index contributed by atoms with van der Waals surface area (Å²) in [5.41, 5.74) is 0. The molecule has 1 unspecified atom stereocenters. The minimum atomic E-state index is -0.875. The third kappa shape index (κ3) is 4.29. The summed E-state index contributed by atoms with van der Waals surface area (Å²) in [6, 6.07) is -0.599. The van der Waals surface area contributed by atoms with E-state index in [2.05, 4.69) is 11.8 Å². The fourth-order valence-corrected chi connectivity index (χ4v) is 2.29. The van der Waals surface area contributed by atoms with Gasteiger partial charge in [-0.25, -0.2) is 4.79 Å². The summed E-state index contributed by atoms with van der Waals surface area (Å²) in [5.74, 6) is -0.900. The van der Waals surface area contributed by atoms with E-state index in [9.17, 15) is 9.59 Å². The van der Waals surface area contributed by atoms with Crippen molar-refractivity contribution in [1.82, 2.24) is 9.80 Å². The van der Waals surface area contributed by atoms with Crippen LogP contribution in [0.25, 0.3) is 0 Å². The van der Waals surface area contributed by atoms with Gasteiger partial charge in [-0.15, -0.1) is 0 Å². The number of carbonyl (C=O) groups is 2. The molecule has 0 radical (unpaired) electrons. The number of unbranched alkanes of at least 4 members (excludes halogenated alkanes) is 1. The predicted octanol–water partition coefficient (Wildman–Crippen LogP) is 1.18. The van der Waals surface area contributed by atoms with Crippen LogP contribution in [0.3, 0.4) is 0 Å². The summed E-state index contributed by atoms with van der Waals surface area (Å²) in [6.07, 6.45) is 4.09. The number of hydrogen-bond donors (Lipinski definition) is 1. The van der Waals surface area contributed by atoms with E-state index < -0.39 is 12.0 Å². The number of likely N-dealkylation sites (tertiary alicyclic amines) is 1. The molecule has 1 fully saturated rings. The van der Waals surface area contributed by atoms with Crippen LogP contribution in [-0.2, 0) is 9.59 Å². The topological polar surface area (TPSA) is 60.9 Å². The Kier molecular flexibility index (Phi) is 6.12. The number of aliphatic carboxylic acids is 1. The highest BCUT2D eigenvalue weighted by molar-refractivity contribution is 5.84. The van der Waals surface area contributed by atoms with Crippen molar-refractivity contribution in [1.29, 1.82) is 0 Å². The predicted molar refractivity (Wildman–Crippen MR) is 69.4 cm³/mol. The van der Waals surface area contributed by atoms with Crippen LogP contribution in [0.4, 0.5) is 0 Å². The van der Waals surface area contributed by atoms with Crippen molar-refractivity contribution < 1.29 is 14.7 Å². The van der Waals surface area contributed by atoms with Crippen LogP contribution in [0.2, 0.25) is 0 Å². The van der Waals surface area contributed by atoms with Gasteiger partial charge in [-0.1, -0.05) is 13.3 Å². The minimum Gasteiger partial charge on any atom is -0.480 e. The van der Waals surface area contributed by atoms with E-state index in [-0.39, 0.29) is 5.91 Å². The van der Waals surface area contributed by atoms with Gasteiger partial charge in [0.05, 0.1) is 0 Å². The summed E-state index contributed by atoms with van der Waals surface area (Å²) in [6.45, 7) is 4.43. The lowest BCUT2D eigenvalue weighted by Gasteiger charge is -2.23. The van der Waals surface area contributed by atoms with Crippen molar-refractivity contribution in [2.24, 2.45) is 0 Å². The third-order valence-corrected chi connectivity index (χ3v) is 3.46. The summed E-state index contributed by atoms with van der Waals surface area (Å²) >= 11 is 0. The van der Waals surface area contributed by atoms with Crippen molar-refractivity contribution in [2.75, 3.05) is 26.7 Å². The van der Waals surface area contributed by atoms with E-state index >= 15 is 0 Å². The second-order valence-corrected chi connectivity index (χ2v) is 4.99. The normalized spacial score (nSPS) is 19.5. The summed E-state index contributed by atoms with van der Waals surface area (Å²) < 4.78 is 0. The van der Waals surface area contributed by atoms with E-state index in [1.165, 1.54) is 4.90 Å². The maximum Gasteiger partial charge on any atom is 0.326 e. The number of carboxylic acids is 1. The van der Waals surface area contributed by atoms with Gasteiger partial charge >= 0.3 is 5.97 Å².